The first-order valence-corrected chi connectivity index (χ1v) is 4.58. The van der Waals surface area contributed by atoms with Crippen LogP contribution in [0.2, 0.25) is 5.02 Å². The summed E-state index contributed by atoms with van der Waals surface area (Å²) in [5.41, 5.74) is 0.950. The lowest BCUT2D eigenvalue weighted by molar-refractivity contribution is -0.119. The lowest BCUT2D eigenvalue weighted by Crippen LogP contribution is -2.18. The maximum Gasteiger partial charge on any atom is 0.217 e. The van der Waals surface area contributed by atoms with Gasteiger partial charge in [-0.15, -0.1) is 0 Å². The highest BCUT2D eigenvalue weighted by molar-refractivity contribution is 6.32. The summed E-state index contributed by atoms with van der Waals surface area (Å²) in [6.45, 7) is 1.96. The van der Waals surface area contributed by atoms with Crippen LogP contribution >= 0.6 is 11.6 Å². The molecule has 0 saturated carbocycles. The van der Waals surface area contributed by atoms with Gasteiger partial charge in [0, 0.05) is 13.5 Å². The molecule has 0 aliphatic heterocycles. The fourth-order valence-corrected chi connectivity index (χ4v) is 1.33. The molecule has 0 atom stereocenters. The van der Waals surface area contributed by atoms with Crippen molar-refractivity contribution in [3.63, 3.8) is 0 Å². The van der Waals surface area contributed by atoms with Crippen molar-refractivity contribution >= 4 is 17.5 Å². The first kappa shape index (κ1) is 10.9. The van der Waals surface area contributed by atoms with Gasteiger partial charge in [-0.05, 0) is 17.7 Å². The SMILES string of the molecule is COc1ccc(CNC(C)=O)cc1Cl. The smallest absolute Gasteiger partial charge is 0.217 e. The third-order valence-corrected chi connectivity index (χ3v) is 2.05. The van der Waals surface area contributed by atoms with E-state index >= 15 is 0 Å². The molecule has 0 fully saturated rings. The Kier molecular flexibility index (Phi) is 3.77. The predicted molar refractivity (Wildman–Crippen MR) is 55.5 cm³/mol. The molecule has 4 heteroatoms. The standard InChI is InChI=1S/C10H12ClNO2/c1-7(13)12-6-8-3-4-10(14-2)9(11)5-8/h3-5H,6H2,1-2H3,(H,12,13). The van der Waals surface area contributed by atoms with E-state index in [1.54, 1.807) is 19.2 Å². The van der Waals surface area contributed by atoms with Crippen LogP contribution in [0.3, 0.4) is 0 Å². The summed E-state index contributed by atoms with van der Waals surface area (Å²) in [6.07, 6.45) is 0. The van der Waals surface area contributed by atoms with Gasteiger partial charge in [-0.25, -0.2) is 0 Å². The average molecular weight is 214 g/mol. The van der Waals surface area contributed by atoms with Crippen molar-refractivity contribution in [2.75, 3.05) is 7.11 Å². The molecule has 0 spiro atoms. The van der Waals surface area contributed by atoms with Crippen molar-refractivity contribution < 1.29 is 9.53 Å². The first-order chi connectivity index (χ1) is 6.63. The van der Waals surface area contributed by atoms with Gasteiger partial charge in [-0.3, -0.25) is 4.79 Å². The Hall–Kier alpha value is -1.22. The van der Waals surface area contributed by atoms with Crippen molar-refractivity contribution in [2.45, 2.75) is 13.5 Å². The van der Waals surface area contributed by atoms with E-state index in [1.807, 2.05) is 6.07 Å². The van der Waals surface area contributed by atoms with Crippen LogP contribution in [-0.2, 0) is 11.3 Å². The molecule has 1 N–H and O–H groups in total. The van der Waals surface area contributed by atoms with Crippen molar-refractivity contribution in [1.29, 1.82) is 0 Å². The molecule has 1 aromatic carbocycles. The normalized spacial score (nSPS) is 9.64. The third kappa shape index (κ3) is 2.92. The van der Waals surface area contributed by atoms with Crippen LogP contribution in [0, 0.1) is 0 Å². The fourth-order valence-electron chi connectivity index (χ4n) is 1.05. The summed E-state index contributed by atoms with van der Waals surface area (Å²) in [6, 6.07) is 5.41. The van der Waals surface area contributed by atoms with E-state index in [0.717, 1.165) is 5.56 Å². The second-order valence-corrected chi connectivity index (χ2v) is 3.29. The predicted octanol–water partition coefficient (Wildman–Crippen LogP) is 1.98. The number of hydrogen-bond donors (Lipinski definition) is 1. The zero-order valence-electron chi connectivity index (χ0n) is 8.13. The van der Waals surface area contributed by atoms with Crippen molar-refractivity contribution in [3.8, 4) is 5.75 Å². The number of nitrogens with one attached hydrogen (secondary N) is 1. The lowest BCUT2D eigenvalue weighted by atomic mass is 10.2. The minimum Gasteiger partial charge on any atom is -0.495 e. The van der Waals surface area contributed by atoms with Gasteiger partial charge in [0.25, 0.3) is 0 Å². The van der Waals surface area contributed by atoms with Gasteiger partial charge in [0.05, 0.1) is 12.1 Å². The van der Waals surface area contributed by atoms with E-state index in [1.165, 1.54) is 6.92 Å². The Morgan fingerprint density at radius 2 is 2.29 bits per heavy atom. The number of halogens is 1. The Morgan fingerprint density at radius 3 is 2.79 bits per heavy atom. The molecule has 1 amide bonds. The van der Waals surface area contributed by atoms with Crippen LogP contribution in [0.15, 0.2) is 18.2 Å². The summed E-state index contributed by atoms with van der Waals surface area (Å²) in [7, 11) is 1.56. The molecule has 1 aromatic rings. The molecule has 1 rings (SSSR count). The summed E-state index contributed by atoms with van der Waals surface area (Å²) in [4.78, 5) is 10.7. The average Bonchev–Trinajstić information content (AvgIpc) is 2.15. The molecule has 76 valence electrons. The maximum absolute atomic E-state index is 10.7. The number of hydrogen-bond acceptors (Lipinski definition) is 2. The number of ether oxygens (including phenoxy) is 1. The molecule has 0 unspecified atom stereocenters. The molecule has 0 aliphatic rings. The number of carbonyl (C=O) groups is 1. The summed E-state index contributed by atoms with van der Waals surface area (Å²) in [5.74, 6) is 0.579. The second-order valence-electron chi connectivity index (χ2n) is 2.88. The highest BCUT2D eigenvalue weighted by Crippen LogP contribution is 2.24. The maximum atomic E-state index is 10.7. The number of rotatable bonds is 3. The fraction of sp³-hybridized carbons (Fsp3) is 0.300. The zero-order chi connectivity index (χ0) is 10.6. The van der Waals surface area contributed by atoms with Gasteiger partial charge in [0.1, 0.15) is 5.75 Å². The number of methoxy groups -OCH3 is 1. The number of amides is 1. The van der Waals surface area contributed by atoms with E-state index in [2.05, 4.69) is 5.32 Å². The molecule has 0 heterocycles. The molecule has 3 nitrogen and oxygen atoms in total. The minimum absolute atomic E-state index is 0.0584. The van der Waals surface area contributed by atoms with Crippen LogP contribution < -0.4 is 10.1 Å². The third-order valence-electron chi connectivity index (χ3n) is 1.76. The van der Waals surface area contributed by atoms with Crippen LogP contribution in [-0.4, -0.2) is 13.0 Å². The second kappa shape index (κ2) is 4.86. The molecule has 0 bridgehead atoms. The Bertz CT molecular complexity index is 339. The van der Waals surface area contributed by atoms with E-state index in [9.17, 15) is 4.79 Å². The van der Waals surface area contributed by atoms with Crippen molar-refractivity contribution in [1.82, 2.24) is 5.32 Å². The Balaban J connectivity index is 2.71. The van der Waals surface area contributed by atoms with Crippen LogP contribution in [0.1, 0.15) is 12.5 Å². The molecule has 14 heavy (non-hydrogen) atoms. The van der Waals surface area contributed by atoms with E-state index in [0.29, 0.717) is 17.3 Å². The highest BCUT2D eigenvalue weighted by atomic mass is 35.5. The lowest BCUT2D eigenvalue weighted by Gasteiger charge is -2.06. The molecule has 0 saturated heterocycles. The molecular weight excluding hydrogens is 202 g/mol. The van der Waals surface area contributed by atoms with Crippen LogP contribution in [0.5, 0.6) is 5.75 Å². The van der Waals surface area contributed by atoms with E-state index in [-0.39, 0.29) is 5.91 Å². The highest BCUT2D eigenvalue weighted by Gasteiger charge is 2.01. The molecule has 0 aromatic heterocycles. The van der Waals surface area contributed by atoms with Gasteiger partial charge in [-0.1, -0.05) is 17.7 Å². The molecule has 0 aliphatic carbocycles. The van der Waals surface area contributed by atoms with Gasteiger partial charge >= 0.3 is 0 Å². The van der Waals surface area contributed by atoms with Gasteiger partial charge in [0.2, 0.25) is 5.91 Å². The van der Waals surface area contributed by atoms with Gasteiger partial charge < -0.3 is 10.1 Å². The summed E-state index contributed by atoms with van der Waals surface area (Å²) in [5, 5.41) is 3.24. The number of benzene rings is 1. The largest absolute Gasteiger partial charge is 0.495 e. The Labute approximate surface area is 88.0 Å². The van der Waals surface area contributed by atoms with Crippen LogP contribution in [0.4, 0.5) is 0 Å². The summed E-state index contributed by atoms with van der Waals surface area (Å²) < 4.78 is 5.01. The molecule has 0 radical (unpaired) electrons. The quantitative estimate of drug-likeness (QED) is 0.834. The first-order valence-electron chi connectivity index (χ1n) is 4.20. The zero-order valence-corrected chi connectivity index (χ0v) is 8.89. The topological polar surface area (TPSA) is 38.3 Å². The summed E-state index contributed by atoms with van der Waals surface area (Å²) >= 11 is 5.91. The van der Waals surface area contributed by atoms with Gasteiger partial charge in [-0.2, -0.15) is 0 Å². The van der Waals surface area contributed by atoms with E-state index in [4.69, 9.17) is 16.3 Å². The Morgan fingerprint density at radius 1 is 1.57 bits per heavy atom. The van der Waals surface area contributed by atoms with Gasteiger partial charge in [0.15, 0.2) is 0 Å². The van der Waals surface area contributed by atoms with E-state index < -0.39 is 0 Å². The number of carbonyl (C=O) groups excluding carboxylic acids is 1. The van der Waals surface area contributed by atoms with Crippen molar-refractivity contribution in [2.24, 2.45) is 0 Å². The monoisotopic (exact) mass is 213 g/mol. The molecular formula is C10H12ClNO2. The van der Waals surface area contributed by atoms with Crippen molar-refractivity contribution in [3.05, 3.63) is 28.8 Å². The van der Waals surface area contributed by atoms with Crippen LogP contribution in [0.25, 0.3) is 0 Å². The minimum atomic E-state index is -0.0584.